The Morgan fingerprint density at radius 2 is 0.656 bits per heavy atom. The molecule has 6 rings (SSSR count). The average molecular weight is 417 g/mol. The third-order valence-electron chi connectivity index (χ3n) is 7.10. The van der Waals surface area contributed by atoms with Crippen LogP contribution in [0.15, 0.2) is 109 Å². The Kier molecular flexibility index (Phi) is 5.10. The van der Waals surface area contributed by atoms with Crippen molar-refractivity contribution in [2.75, 3.05) is 0 Å². The van der Waals surface area contributed by atoms with E-state index in [4.69, 9.17) is 0 Å². The molecule has 0 N–H and O–H groups in total. The first-order chi connectivity index (χ1) is 15.9. The highest BCUT2D eigenvalue weighted by Gasteiger charge is 2.38. The molecule has 0 fully saturated rings. The van der Waals surface area contributed by atoms with E-state index in [9.17, 15) is 0 Å². The Bertz CT molecular complexity index is 1050. The van der Waals surface area contributed by atoms with Crippen molar-refractivity contribution in [3.63, 3.8) is 0 Å². The van der Waals surface area contributed by atoms with Gasteiger partial charge in [0.05, 0.1) is 12.1 Å². The van der Waals surface area contributed by atoms with Crippen LogP contribution < -0.4 is 0 Å². The van der Waals surface area contributed by atoms with Gasteiger partial charge >= 0.3 is 0 Å². The largest absolute Gasteiger partial charge is 0.286 e. The maximum absolute atomic E-state index is 2.68. The second-order valence-electron chi connectivity index (χ2n) is 9.06. The van der Waals surface area contributed by atoms with E-state index in [0.29, 0.717) is 0 Å². The number of fused-ring (bicyclic) bond motifs is 2. The fourth-order valence-electron chi connectivity index (χ4n) is 5.60. The second-order valence-corrected chi connectivity index (χ2v) is 9.06. The van der Waals surface area contributed by atoms with E-state index in [1.54, 1.807) is 0 Å². The molecule has 4 aromatic carbocycles. The van der Waals surface area contributed by atoms with Gasteiger partial charge in [-0.25, -0.2) is 0 Å². The molecule has 0 saturated carbocycles. The summed E-state index contributed by atoms with van der Waals surface area (Å²) in [6, 6.07) is 40.7. The lowest BCUT2D eigenvalue weighted by atomic mass is 9.90. The standard InChI is InChI=1S/C30H28N2/c1-3-11-23(12-4-1)29(31-19-25-15-7-8-16-26(25)20-31)30(24-13-5-2-6-14-24)32-21-27-17-9-10-18-28(27)22-32/h1-18,29-30H,19-22H2/t29-,30-/m1/s1. The lowest BCUT2D eigenvalue weighted by Gasteiger charge is -2.40. The highest BCUT2D eigenvalue weighted by molar-refractivity contribution is 5.36. The van der Waals surface area contributed by atoms with Crippen LogP contribution in [0.5, 0.6) is 0 Å². The normalized spacial score (nSPS) is 17.6. The maximum atomic E-state index is 2.68. The van der Waals surface area contributed by atoms with Crippen molar-refractivity contribution in [3.05, 3.63) is 143 Å². The predicted molar refractivity (Wildman–Crippen MR) is 130 cm³/mol. The molecule has 0 spiro atoms. The van der Waals surface area contributed by atoms with Crippen LogP contribution in [0, 0.1) is 0 Å². The number of hydrogen-bond acceptors (Lipinski definition) is 2. The lowest BCUT2D eigenvalue weighted by Crippen LogP contribution is -2.37. The molecule has 2 atom stereocenters. The zero-order valence-corrected chi connectivity index (χ0v) is 18.3. The van der Waals surface area contributed by atoms with E-state index in [1.165, 1.54) is 33.4 Å². The molecule has 2 aliphatic heterocycles. The first-order valence-electron chi connectivity index (χ1n) is 11.6. The molecule has 0 unspecified atom stereocenters. The number of benzene rings is 4. The number of nitrogens with zero attached hydrogens (tertiary/aromatic N) is 2. The topological polar surface area (TPSA) is 6.48 Å². The molecule has 0 aliphatic carbocycles. The van der Waals surface area contributed by atoms with Crippen LogP contribution in [-0.2, 0) is 26.2 Å². The molecular formula is C30H28N2. The van der Waals surface area contributed by atoms with Crippen LogP contribution in [0.25, 0.3) is 0 Å². The molecular weight excluding hydrogens is 388 g/mol. The van der Waals surface area contributed by atoms with Gasteiger partial charge in [0.15, 0.2) is 0 Å². The molecule has 2 heterocycles. The van der Waals surface area contributed by atoms with Gasteiger partial charge in [-0.05, 0) is 33.4 Å². The summed E-state index contributed by atoms with van der Waals surface area (Å²) in [5.74, 6) is 0. The van der Waals surface area contributed by atoms with Gasteiger partial charge in [0.25, 0.3) is 0 Å². The van der Waals surface area contributed by atoms with Gasteiger partial charge in [-0.1, -0.05) is 109 Å². The van der Waals surface area contributed by atoms with E-state index >= 15 is 0 Å². The van der Waals surface area contributed by atoms with Crippen LogP contribution in [0.3, 0.4) is 0 Å². The SMILES string of the molecule is c1ccc([C@H]([C@@H](c2ccccc2)N2Cc3ccccc3C2)N2Cc3ccccc3C2)cc1. The second kappa shape index (κ2) is 8.38. The van der Waals surface area contributed by atoms with Crippen LogP contribution in [0.1, 0.15) is 45.5 Å². The number of hydrogen-bond donors (Lipinski definition) is 0. The Labute approximate surface area is 190 Å². The van der Waals surface area contributed by atoms with Crippen molar-refractivity contribution < 1.29 is 0 Å². The quantitative estimate of drug-likeness (QED) is 0.366. The van der Waals surface area contributed by atoms with Gasteiger partial charge in [0.2, 0.25) is 0 Å². The summed E-state index contributed by atoms with van der Waals surface area (Å²) >= 11 is 0. The van der Waals surface area contributed by atoms with Gasteiger partial charge in [0, 0.05) is 26.2 Å². The minimum atomic E-state index is 0.278. The van der Waals surface area contributed by atoms with Gasteiger partial charge in [-0.3, -0.25) is 9.80 Å². The molecule has 2 aliphatic rings. The molecule has 0 amide bonds. The minimum absolute atomic E-state index is 0.278. The summed E-state index contributed by atoms with van der Waals surface area (Å²) in [7, 11) is 0. The summed E-state index contributed by atoms with van der Waals surface area (Å²) in [4.78, 5) is 5.36. The van der Waals surface area contributed by atoms with E-state index in [2.05, 4.69) is 119 Å². The first-order valence-corrected chi connectivity index (χ1v) is 11.6. The summed E-state index contributed by atoms with van der Waals surface area (Å²) < 4.78 is 0. The van der Waals surface area contributed by atoms with Crippen molar-refractivity contribution in [2.45, 2.75) is 38.3 Å². The fraction of sp³-hybridized carbons (Fsp3) is 0.200. The third-order valence-corrected chi connectivity index (χ3v) is 7.10. The van der Waals surface area contributed by atoms with Crippen molar-refractivity contribution in [1.82, 2.24) is 9.80 Å². The highest BCUT2D eigenvalue weighted by atomic mass is 15.3. The Balaban J connectivity index is 1.45. The van der Waals surface area contributed by atoms with E-state index in [-0.39, 0.29) is 12.1 Å². The highest BCUT2D eigenvalue weighted by Crippen LogP contribution is 2.45. The summed E-state index contributed by atoms with van der Waals surface area (Å²) in [6.07, 6.45) is 0. The van der Waals surface area contributed by atoms with Gasteiger partial charge in [-0.15, -0.1) is 0 Å². The summed E-state index contributed by atoms with van der Waals surface area (Å²) in [5.41, 5.74) is 8.64. The van der Waals surface area contributed by atoms with Crippen molar-refractivity contribution in [2.24, 2.45) is 0 Å². The monoisotopic (exact) mass is 416 g/mol. The van der Waals surface area contributed by atoms with Crippen LogP contribution in [-0.4, -0.2) is 9.80 Å². The molecule has 0 aromatic heterocycles. The van der Waals surface area contributed by atoms with E-state index < -0.39 is 0 Å². The molecule has 4 aromatic rings. The summed E-state index contributed by atoms with van der Waals surface area (Å²) in [5, 5.41) is 0. The molecule has 158 valence electrons. The zero-order chi connectivity index (χ0) is 21.3. The third kappa shape index (κ3) is 3.56. The van der Waals surface area contributed by atoms with Crippen molar-refractivity contribution in [3.8, 4) is 0 Å². The number of rotatable bonds is 5. The van der Waals surface area contributed by atoms with E-state index in [1.807, 2.05) is 0 Å². The molecule has 0 radical (unpaired) electrons. The van der Waals surface area contributed by atoms with Crippen LogP contribution in [0.2, 0.25) is 0 Å². The zero-order valence-electron chi connectivity index (χ0n) is 18.3. The lowest BCUT2D eigenvalue weighted by molar-refractivity contribution is 0.0709. The molecule has 2 heteroatoms. The van der Waals surface area contributed by atoms with Gasteiger partial charge < -0.3 is 0 Å². The first kappa shape index (κ1) is 19.5. The molecule has 0 saturated heterocycles. The Hall–Kier alpha value is -3.20. The van der Waals surface area contributed by atoms with Crippen LogP contribution >= 0.6 is 0 Å². The Morgan fingerprint density at radius 1 is 0.375 bits per heavy atom. The smallest absolute Gasteiger partial charge is 0.0552 e. The fourth-order valence-corrected chi connectivity index (χ4v) is 5.60. The molecule has 32 heavy (non-hydrogen) atoms. The van der Waals surface area contributed by atoms with Crippen molar-refractivity contribution >= 4 is 0 Å². The van der Waals surface area contributed by atoms with Gasteiger partial charge in [0.1, 0.15) is 0 Å². The molecule has 2 nitrogen and oxygen atoms in total. The van der Waals surface area contributed by atoms with Gasteiger partial charge in [-0.2, -0.15) is 0 Å². The maximum Gasteiger partial charge on any atom is 0.0552 e. The minimum Gasteiger partial charge on any atom is -0.286 e. The van der Waals surface area contributed by atoms with Crippen molar-refractivity contribution in [1.29, 1.82) is 0 Å². The Morgan fingerprint density at radius 3 is 0.969 bits per heavy atom. The summed E-state index contributed by atoms with van der Waals surface area (Å²) in [6.45, 7) is 4.00. The van der Waals surface area contributed by atoms with Crippen LogP contribution in [0.4, 0.5) is 0 Å². The van der Waals surface area contributed by atoms with E-state index in [0.717, 1.165) is 26.2 Å². The predicted octanol–water partition coefficient (Wildman–Crippen LogP) is 6.50. The average Bonchev–Trinajstić information content (AvgIpc) is 3.47. The molecule has 0 bridgehead atoms.